The fraction of sp³-hybridized carbons (Fsp3) is 0.545. The molecule has 2 aliphatic heterocycles. The number of nitrogens with zero attached hydrogens (tertiary/aromatic N) is 1. The van der Waals surface area contributed by atoms with Crippen LogP contribution >= 0.6 is 0 Å². The highest BCUT2D eigenvalue weighted by Gasteiger charge is 2.31. The van der Waals surface area contributed by atoms with Crippen molar-refractivity contribution < 1.29 is 33.6 Å². The Labute approximate surface area is 176 Å². The summed E-state index contributed by atoms with van der Waals surface area (Å²) >= 11 is 0. The molecule has 0 radical (unpaired) electrons. The largest absolute Gasteiger partial charge is 0.465 e. The maximum absolute atomic E-state index is 13.0. The van der Waals surface area contributed by atoms with Gasteiger partial charge in [-0.05, 0) is 36.6 Å². The highest BCUT2D eigenvalue weighted by molar-refractivity contribution is 5.92. The highest BCUT2D eigenvalue weighted by Crippen LogP contribution is 2.32. The Kier molecular flexibility index (Phi) is 8.24. The Bertz CT molecular complexity index is 740. The Morgan fingerprint density at radius 1 is 1.17 bits per heavy atom. The summed E-state index contributed by atoms with van der Waals surface area (Å²) in [5.41, 5.74) is 1.43. The molecule has 0 aliphatic carbocycles. The molecule has 1 N–H and O–H groups in total. The molecule has 2 aliphatic rings. The van der Waals surface area contributed by atoms with Crippen LogP contribution in [0.2, 0.25) is 0 Å². The third kappa shape index (κ3) is 5.81. The second-order valence-corrected chi connectivity index (χ2v) is 7.24. The van der Waals surface area contributed by atoms with Gasteiger partial charge in [-0.3, -0.25) is 4.79 Å². The number of methoxy groups -OCH3 is 1. The van der Waals surface area contributed by atoms with Crippen LogP contribution in [0.15, 0.2) is 36.1 Å². The first-order valence-electron chi connectivity index (χ1n) is 10.3. The summed E-state index contributed by atoms with van der Waals surface area (Å²) in [6, 6.07) is 7.15. The molecule has 0 bridgehead atoms. The quantitative estimate of drug-likeness (QED) is 0.507. The molecule has 1 saturated heterocycles. The number of esters is 1. The van der Waals surface area contributed by atoms with Crippen LogP contribution < -0.4 is 0 Å². The minimum Gasteiger partial charge on any atom is -0.465 e. The lowest BCUT2D eigenvalue weighted by atomic mass is 9.92. The van der Waals surface area contributed by atoms with E-state index in [1.165, 1.54) is 7.11 Å². The Morgan fingerprint density at radius 3 is 2.57 bits per heavy atom. The molecule has 164 valence electrons. The Morgan fingerprint density at radius 2 is 1.90 bits per heavy atom. The van der Waals surface area contributed by atoms with E-state index in [0.29, 0.717) is 57.7 Å². The van der Waals surface area contributed by atoms with Crippen molar-refractivity contribution in [3.8, 4) is 0 Å². The molecular weight excluding hydrogens is 390 g/mol. The molecule has 30 heavy (non-hydrogen) atoms. The number of benzene rings is 1. The standard InChI is InChI=1S/C22H29NO7/c1-27-22(26)17-6-4-16(5-7-17)18-14-19(21(25)23-8-12-28-13-9-23)30-20(15-18)29-11-3-2-10-24/h4-7,14,18,20,24H,2-3,8-13,15H2,1H3/t18-,20+/m0/s1. The van der Waals surface area contributed by atoms with Crippen LogP contribution in [0, 0.1) is 0 Å². The number of rotatable bonds is 8. The van der Waals surface area contributed by atoms with E-state index in [2.05, 4.69) is 0 Å². The van der Waals surface area contributed by atoms with Gasteiger partial charge in [-0.1, -0.05) is 12.1 Å². The van der Waals surface area contributed by atoms with Crippen molar-refractivity contribution in [3.05, 3.63) is 47.2 Å². The normalized spacial score (nSPS) is 21.5. The first-order chi connectivity index (χ1) is 14.6. The minimum atomic E-state index is -0.557. The van der Waals surface area contributed by atoms with Gasteiger partial charge < -0.3 is 29.0 Å². The second-order valence-electron chi connectivity index (χ2n) is 7.24. The van der Waals surface area contributed by atoms with E-state index in [1.54, 1.807) is 17.0 Å². The molecule has 0 unspecified atom stereocenters. The molecule has 0 spiro atoms. The number of amides is 1. The lowest BCUT2D eigenvalue weighted by Gasteiger charge is -2.33. The summed E-state index contributed by atoms with van der Waals surface area (Å²) in [4.78, 5) is 26.4. The molecule has 1 amide bonds. The number of hydrogen-bond donors (Lipinski definition) is 1. The monoisotopic (exact) mass is 419 g/mol. The van der Waals surface area contributed by atoms with Gasteiger partial charge in [-0.25, -0.2) is 4.79 Å². The number of carbonyl (C=O) groups is 2. The Balaban J connectivity index is 1.76. The number of aliphatic hydroxyl groups excluding tert-OH is 1. The number of hydrogen-bond acceptors (Lipinski definition) is 7. The molecule has 1 aromatic rings. The van der Waals surface area contributed by atoms with Gasteiger partial charge in [0, 0.05) is 32.0 Å². The summed E-state index contributed by atoms with van der Waals surface area (Å²) in [5, 5.41) is 8.94. The van der Waals surface area contributed by atoms with Crippen molar-refractivity contribution in [2.75, 3.05) is 46.6 Å². The predicted molar refractivity (Wildman–Crippen MR) is 108 cm³/mol. The van der Waals surface area contributed by atoms with Crippen LogP contribution in [-0.2, 0) is 23.7 Å². The highest BCUT2D eigenvalue weighted by atomic mass is 16.7. The molecule has 2 heterocycles. The summed E-state index contributed by atoms with van der Waals surface area (Å²) < 4.78 is 21.8. The van der Waals surface area contributed by atoms with Crippen LogP contribution in [0.4, 0.5) is 0 Å². The van der Waals surface area contributed by atoms with Crippen molar-refractivity contribution in [2.24, 2.45) is 0 Å². The first kappa shape index (κ1) is 22.3. The van der Waals surface area contributed by atoms with Gasteiger partial charge in [0.1, 0.15) is 0 Å². The van der Waals surface area contributed by atoms with Crippen LogP contribution in [0.1, 0.15) is 41.1 Å². The Hall–Kier alpha value is -2.42. The zero-order valence-electron chi connectivity index (χ0n) is 17.2. The van der Waals surface area contributed by atoms with Crippen molar-refractivity contribution in [1.29, 1.82) is 0 Å². The molecule has 8 nitrogen and oxygen atoms in total. The molecular formula is C22H29NO7. The molecule has 2 atom stereocenters. The molecule has 8 heteroatoms. The second kappa shape index (κ2) is 11.1. The average molecular weight is 419 g/mol. The number of morpholine rings is 1. The summed E-state index contributed by atoms with van der Waals surface area (Å²) in [6.07, 6.45) is 3.19. The van der Waals surface area contributed by atoms with E-state index >= 15 is 0 Å². The number of ether oxygens (including phenoxy) is 4. The van der Waals surface area contributed by atoms with Crippen LogP contribution in [0.25, 0.3) is 0 Å². The number of carbonyl (C=O) groups excluding carboxylic acids is 2. The lowest BCUT2D eigenvalue weighted by molar-refractivity contribution is -0.155. The maximum Gasteiger partial charge on any atom is 0.337 e. The van der Waals surface area contributed by atoms with Crippen LogP contribution in [0.5, 0.6) is 0 Å². The van der Waals surface area contributed by atoms with Gasteiger partial charge in [0.2, 0.25) is 6.29 Å². The number of unbranched alkanes of at least 4 members (excludes halogenated alkanes) is 1. The van der Waals surface area contributed by atoms with Crippen molar-refractivity contribution in [2.45, 2.75) is 31.5 Å². The summed E-state index contributed by atoms with van der Waals surface area (Å²) in [7, 11) is 1.35. The number of allylic oxidation sites excluding steroid dienone is 1. The van der Waals surface area contributed by atoms with Gasteiger partial charge in [-0.2, -0.15) is 0 Å². The maximum atomic E-state index is 13.0. The van der Waals surface area contributed by atoms with Crippen molar-refractivity contribution >= 4 is 11.9 Å². The summed E-state index contributed by atoms with van der Waals surface area (Å²) in [5.74, 6) is -0.374. The molecule has 3 rings (SSSR count). The van der Waals surface area contributed by atoms with Gasteiger partial charge in [0.15, 0.2) is 5.76 Å². The van der Waals surface area contributed by atoms with E-state index in [1.807, 2.05) is 18.2 Å². The number of aliphatic hydroxyl groups is 1. The SMILES string of the molecule is COC(=O)c1ccc([C@H]2C=C(C(=O)N3CCOCC3)O[C@@H](OCCCCO)C2)cc1. The zero-order chi connectivity index (χ0) is 21.3. The van der Waals surface area contributed by atoms with Crippen LogP contribution in [0.3, 0.4) is 0 Å². The smallest absolute Gasteiger partial charge is 0.337 e. The summed E-state index contributed by atoms with van der Waals surface area (Å²) in [6.45, 7) is 2.64. The van der Waals surface area contributed by atoms with Crippen molar-refractivity contribution in [3.63, 3.8) is 0 Å². The topological polar surface area (TPSA) is 94.5 Å². The van der Waals surface area contributed by atoms with E-state index < -0.39 is 12.3 Å². The van der Waals surface area contributed by atoms with E-state index in [4.69, 9.17) is 24.1 Å². The third-order valence-corrected chi connectivity index (χ3v) is 5.18. The fourth-order valence-corrected chi connectivity index (χ4v) is 3.48. The average Bonchev–Trinajstić information content (AvgIpc) is 2.81. The molecule has 0 saturated carbocycles. The fourth-order valence-electron chi connectivity index (χ4n) is 3.48. The van der Waals surface area contributed by atoms with E-state index in [-0.39, 0.29) is 24.2 Å². The van der Waals surface area contributed by atoms with Crippen LogP contribution in [-0.4, -0.2) is 74.8 Å². The van der Waals surface area contributed by atoms with Gasteiger partial charge >= 0.3 is 5.97 Å². The minimum absolute atomic E-state index is 0.0896. The van der Waals surface area contributed by atoms with E-state index in [0.717, 1.165) is 5.56 Å². The van der Waals surface area contributed by atoms with Gasteiger partial charge in [-0.15, -0.1) is 0 Å². The zero-order valence-corrected chi connectivity index (χ0v) is 17.2. The first-order valence-corrected chi connectivity index (χ1v) is 10.3. The molecule has 1 aromatic carbocycles. The van der Waals surface area contributed by atoms with Gasteiger partial charge in [0.05, 0.1) is 32.5 Å². The molecule has 0 aromatic heterocycles. The third-order valence-electron chi connectivity index (χ3n) is 5.18. The van der Waals surface area contributed by atoms with Crippen molar-refractivity contribution in [1.82, 2.24) is 4.90 Å². The van der Waals surface area contributed by atoms with E-state index in [9.17, 15) is 9.59 Å². The predicted octanol–water partition coefficient (Wildman–Crippen LogP) is 1.83. The lowest BCUT2D eigenvalue weighted by Crippen LogP contribution is -2.43. The van der Waals surface area contributed by atoms with Gasteiger partial charge in [0.25, 0.3) is 5.91 Å². The molecule has 1 fully saturated rings.